The fourth-order valence-corrected chi connectivity index (χ4v) is 3.30. The van der Waals surface area contributed by atoms with Crippen molar-refractivity contribution >= 4 is 23.2 Å². The molecule has 166 valence electrons. The van der Waals surface area contributed by atoms with Crippen LogP contribution in [0.1, 0.15) is 29.4 Å². The Hall–Kier alpha value is -3.29. The summed E-state index contributed by atoms with van der Waals surface area (Å²) >= 11 is 11.9. The minimum atomic E-state index is -5.01. The third kappa shape index (κ3) is 4.79. The number of ether oxygens (including phenoxy) is 1. The fraction of sp³-hybridized carbons (Fsp3) is 0.200. The number of nitrogens with zero attached hydrogens (tertiary/aromatic N) is 3. The second kappa shape index (κ2) is 9.06. The maximum atomic E-state index is 13.5. The molecular weight excluding hydrogens is 472 g/mol. The molecule has 0 saturated carbocycles. The number of hydrogen-bond donors (Lipinski definition) is 1. The maximum absolute atomic E-state index is 13.5. The minimum absolute atomic E-state index is 0.0282. The van der Waals surface area contributed by atoms with Gasteiger partial charge in [-0.25, -0.2) is 4.98 Å². The summed E-state index contributed by atoms with van der Waals surface area (Å²) in [7, 11) is 0. The van der Waals surface area contributed by atoms with Crippen molar-refractivity contribution in [3.05, 3.63) is 83.9 Å². The highest BCUT2D eigenvalue weighted by molar-refractivity contribution is 6.35. The van der Waals surface area contributed by atoms with Crippen molar-refractivity contribution in [2.24, 2.45) is 0 Å². The number of aromatic nitrogens is 3. The van der Waals surface area contributed by atoms with Crippen molar-refractivity contribution in [2.45, 2.75) is 26.1 Å². The van der Waals surface area contributed by atoms with E-state index in [9.17, 15) is 22.8 Å². The SMILES string of the molecule is CCc1[nH]c(=O)ccc1Cn1cnc(C(F)(F)F)c(Oc2cc(Cl)cc(C#N)c2Cl)c1=O. The topological polar surface area (TPSA) is 101 Å². The molecule has 2 heterocycles. The first-order chi connectivity index (χ1) is 15.0. The smallest absolute Gasteiger partial charge is 0.437 e. The van der Waals surface area contributed by atoms with Gasteiger partial charge in [0.2, 0.25) is 11.3 Å². The molecule has 0 radical (unpaired) electrons. The first-order valence-corrected chi connectivity index (χ1v) is 9.75. The summed E-state index contributed by atoms with van der Waals surface area (Å²) in [5, 5.41) is 8.78. The summed E-state index contributed by atoms with van der Waals surface area (Å²) < 4.78 is 46.7. The molecule has 0 atom stereocenters. The lowest BCUT2D eigenvalue weighted by Crippen LogP contribution is -2.27. The fourth-order valence-electron chi connectivity index (χ4n) is 2.90. The highest BCUT2D eigenvalue weighted by Gasteiger charge is 2.39. The van der Waals surface area contributed by atoms with Crippen molar-refractivity contribution < 1.29 is 17.9 Å². The number of nitrogens with one attached hydrogen (secondary N) is 1. The van der Waals surface area contributed by atoms with Crippen LogP contribution in [0.4, 0.5) is 13.2 Å². The second-order valence-electron chi connectivity index (χ2n) is 6.51. The molecule has 0 unspecified atom stereocenters. The first-order valence-electron chi connectivity index (χ1n) is 8.99. The predicted molar refractivity (Wildman–Crippen MR) is 110 cm³/mol. The van der Waals surface area contributed by atoms with E-state index in [4.69, 9.17) is 33.2 Å². The molecule has 7 nitrogen and oxygen atoms in total. The highest BCUT2D eigenvalue weighted by atomic mass is 35.5. The van der Waals surface area contributed by atoms with E-state index in [0.29, 0.717) is 17.7 Å². The molecule has 0 amide bonds. The maximum Gasteiger partial charge on any atom is 0.437 e. The van der Waals surface area contributed by atoms with Crippen LogP contribution in [0, 0.1) is 11.3 Å². The Morgan fingerprint density at radius 1 is 1.25 bits per heavy atom. The van der Waals surface area contributed by atoms with Gasteiger partial charge >= 0.3 is 6.18 Å². The normalized spacial score (nSPS) is 11.3. The van der Waals surface area contributed by atoms with Crippen molar-refractivity contribution in [1.82, 2.24) is 14.5 Å². The largest absolute Gasteiger partial charge is 0.448 e. The Morgan fingerprint density at radius 2 is 1.97 bits per heavy atom. The Kier molecular flexibility index (Phi) is 6.62. The van der Waals surface area contributed by atoms with Gasteiger partial charge in [-0.2, -0.15) is 18.4 Å². The molecule has 0 saturated heterocycles. The zero-order valence-electron chi connectivity index (χ0n) is 16.3. The van der Waals surface area contributed by atoms with Gasteiger partial charge in [0.05, 0.1) is 18.4 Å². The molecular formula is C20H13Cl2F3N4O3. The molecule has 1 N–H and O–H groups in total. The summed E-state index contributed by atoms with van der Waals surface area (Å²) in [4.78, 5) is 30.5. The summed E-state index contributed by atoms with van der Waals surface area (Å²) in [5.74, 6) is -1.54. The van der Waals surface area contributed by atoms with Gasteiger partial charge in [0.1, 0.15) is 16.8 Å². The van der Waals surface area contributed by atoms with Crippen LogP contribution in [-0.2, 0) is 19.1 Å². The quantitative estimate of drug-likeness (QED) is 0.573. The van der Waals surface area contributed by atoms with E-state index in [2.05, 4.69) is 9.97 Å². The molecule has 0 spiro atoms. The van der Waals surface area contributed by atoms with Crippen LogP contribution in [0.15, 0.2) is 40.2 Å². The number of alkyl halides is 3. The van der Waals surface area contributed by atoms with Crippen LogP contribution in [0.2, 0.25) is 10.0 Å². The molecule has 3 aromatic rings. The van der Waals surface area contributed by atoms with E-state index in [1.54, 1.807) is 13.0 Å². The second-order valence-corrected chi connectivity index (χ2v) is 7.33. The molecule has 0 aliphatic heterocycles. The minimum Gasteiger partial charge on any atom is -0.448 e. The van der Waals surface area contributed by atoms with E-state index < -0.39 is 28.9 Å². The van der Waals surface area contributed by atoms with Crippen LogP contribution in [-0.4, -0.2) is 14.5 Å². The third-order valence-corrected chi connectivity index (χ3v) is 5.00. The van der Waals surface area contributed by atoms with Gasteiger partial charge < -0.3 is 9.72 Å². The molecule has 0 aliphatic rings. The van der Waals surface area contributed by atoms with E-state index in [-0.39, 0.29) is 27.7 Å². The van der Waals surface area contributed by atoms with Gasteiger partial charge in [-0.1, -0.05) is 36.2 Å². The Labute approximate surface area is 188 Å². The van der Waals surface area contributed by atoms with Gasteiger partial charge in [0.15, 0.2) is 5.69 Å². The molecule has 1 aromatic carbocycles. The average molecular weight is 485 g/mol. The van der Waals surface area contributed by atoms with Gasteiger partial charge in [0.25, 0.3) is 5.56 Å². The lowest BCUT2D eigenvalue weighted by atomic mass is 10.1. The van der Waals surface area contributed by atoms with Crippen LogP contribution in [0.25, 0.3) is 0 Å². The first kappa shape index (κ1) is 23.4. The zero-order valence-corrected chi connectivity index (χ0v) is 17.8. The summed E-state index contributed by atoms with van der Waals surface area (Å²) in [6, 6.07) is 6.73. The monoisotopic (exact) mass is 484 g/mol. The number of hydrogen-bond acceptors (Lipinski definition) is 5. The van der Waals surface area contributed by atoms with Crippen molar-refractivity contribution in [2.75, 3.05) is 0 Å². The number of halogens is 5. The van der Waals surface area contributed by atoms with E-state index in [0.717, 1.165) is 17.0 Å². The number of rotatable bonds is 5. The predicted octanol–water partition coefficient (Wildman–Crippen LogP) is 4.53. The molecule has 0 bridgehead atoms. The van der Waals surface area contributed by atoms with Crippen LogP contribution in [0.5, 0.6) is 11.5 Å². The molecule has 0 fully saturated rings. The summed E-state index contributed by atoms with van der Waals surface area (Å²) in [5.41, 5.74) is -2.18. The molecule has 0 aliphatic carbocycles. The summed E-state index contributed by atoms with van der Waals surface area (Å²) in [6.07, 6.45) is -3.85. The van der Waals surface area contributed by atoms with Crippen molar-refractivity contribution in [1.29, 1.82) is 5.26 Å². The Morgan fingerprint density at radius 3 is 2.59 bits per heavy atom. The van der Waals surface area contributed by atoms with Crippen LogP contribution < -0.4 is 15.9 Å². The third-order valence-electron chi connectivity index (χ3n) is 4.39. The Balaban J connectivity index is 2.16. The number of pyridine rings is 1. The average Bonchev–Trinajstić information content (AvgIpc) is 2.73. The van der Waals surface area contributed by atoms with Gasteiger partial charge in [-0.15, -0.1) is 0 Å². The molecule has 32 heavy (non-hydrogen) atoms. The van der Waals surface area contributed by atoms with E-state index in [1.165, 1.54) is 18.2 Å². The molecule has 3 rings (SSSR count). The zero-order chi connectivity index (χ0) is 23.6. The van der Waals surface area contributed by atoms with Crippen LogP contribution in [0.3, 0.4) is 0 Å². The van der Waals surface area contributed by atoms with E-state index >= 15 is 0 Å². The van der Waals surface area contributed by atoms with Gasteiger partial charge in [0, 0.05) is 22.8 Å². The Bertz CT molecular complexity index is 1340. The summed E-state index contributed by atoms with van der Waals surface area (Å²) in [6.45, 7) is 1.60. The highest BCUT2D eigenvalue weighted by Crippen LogP contribution is 2.38. The van der Waals surface area contributed by atoms with Crippen LogP contribution >= 0.6 is 23.2 Å². The molecule has 12 heteroatoms. The van der Waals surface area contributed by atoms with Gasteiger partial charge in [-0.05, 0) is 18.1 Å². The van der Waals surface area contributed by atoms with Crippen molar-refractivity contribution in [3.8, 4) is 17.6 Å². The lowest BCUT2D eigenvalue weighted by Gasteiger charge is -2.16. The standard InChI is InChI=1S/C20H13Cl2F3N4O3/c1-2-13-10(3-4-15(30)28-13)8-29-9-27-18(20(23,24)25)17(19(29)31)32-14-6-12(21)5-11(7-26)16(14)22/h3-6,9H,2,8H2,1H3,(H,28,30). The number of aromatic amines is 1. The number of H-pyrrole nitrogens is 1. The van der Waals surface area contributed by atoms with Crippen molar-refractivity contribution in [3.63, 3.8) is 0 Å². The lowest BCUT2D eigenvalue weighted by molar-refractivity contribution is -0.142. The van der Waals surface area contributed by atoms with Gasteiger partial charge in [-0.3, -0.25) is 14.2 Å². The molecule has 2 aromatic heterocycles. The van der Waals surface area contributed by atoms with E-state index in [1.807, 2.05) is 0 Å². The number of nitriles is 1. The number of aryl methyl sites for hydroxylation is 1. The number of benzene rings is 1.